The quantitative estimate of drug-likeness (QED) is 0.255. The summed E-state index contributed by atoms with van der Waals surface area (Å²) in [4.78, 5) is 27.8. The van der Waals surface area contributed by atoms with E-state index >= 15 is 0 Å². The summed E-state index contributed by atoms with van der Waals surface area (Å²) in [6.45, 7) is 9.87. The molecule has 0 spiro atoms. The number of rotatable bonds is 4. The van der Waals surface area contributed by atoms with E-state index in [9.17, 15) is 9.59 Å². The Kier molecular flexibility index (Phi) is 6.24. The number of ketones is 1. The number of hydrogen-bond donors (Lipinski definition) is 0. The number of carbonyl (C=O) groups excluding carboxylic acids is 2. The van der Waals surface area contributed by atoms with Crippen molar-refractivity contribution in [1.82, 2.24) is 4.57 Å². The van der Waals surface area contributed by atoms with Gasteiger partial charge in [-0.05, 0) is 99.8 Å². The molecule has 0 saturated carbocycles. The summed E-state index contributed by atoms with van der Waals surface area (Å²) < 4.78 is 7.04. The molecular formula is C28H27ClN2O3. The predicted octanol–water partition coefficient (Wildman–Crippen LogP) is 6.24. The van der Waals surface area contributed by atoms with Gasteiger partial charge in [-0.1, -0.05) is 17.7 Å². The maximum Gasteiger partial charge on any atom is 0.343 e. The van der Waals surface area contributed by atoms with Crippen LogP contribution in [0, 0.1) is 27.7 Å². The monoisotopic (exact) mass is 474 g/mol. The molecule has 0 unspecified atom stereocenters. The van der Waals surface area contributed by atoms with Gasteiger partial charge in [0.25, 0.3) is 0 Å². The molecule has 34 heavy (non-hydrogen) atoms. The first kappa shape index (κ1) is 23.6. The molecule has 2 aromatic carbocycles. The highest BCUT2D eigenvalue weighted by Crippen LogP contribution is 2.37. The lowest BCUT2D eigenvalue weighted by Crippen LogP contribution is -2.18. The number of carbonyl (C=O) groups is 2. The summed E-state index contributed by atoms with van der Waals surface area (Å²) in [6.07, 6.45) is 1.85. The SMILES string of the molecule is COC(=O)C1=C(C)N(c2ccc(C)c(C)c2)/C(=C/c2cc(C)n(-c3ccc(Cl)cc3)c2C)C1=O. The van der Waals surface area contributed by atoms with Crippen LogP contribution in [0.25, 0.3) is 11.8 Å². The second kappa shape index (κ2) is 8.99. The fraction of sp³-hybridized carbons (Fsp3) is 0.214. The van der Waals surface area contributed by atoms with Crippen LogP contribution < -0.4 is 4.90 Å². The molecule has 5 nitrogen and oxygen atoms in total. The molecule has 1 aromatic heterocycles. The van der Waals surface area contributed by atoms with Crippen LogP contribution in [-0.2, 0) is 14.3 Å². The van der Waals surface area contributed by atoms with Gasteiger partial charge in [-0.3, -0.25) is 4.79 Å². The molecule has 1 aliphatic rings. The summed E-state index contributed by atoms with van der Waals surface area (Å²) in [7, 11) is 1.29. The van der Waals surface area contributed by atoms with E-state index in [0.717, 1.165) is 39.5 Å². The number of allylic oxidation sites excluding steroid dienone is 2. The van der Waals surface area contributed by atoms with E-state index in [1.807, 2.05) is 87.2 Å². The van der Waals surface area contributed by atoms with E-state index in [1.54, 1.807) is 6.92 Å². The molecule has 4 rings (SSSR count). The van der Waals surface area contributed by atoms with Crippen LogP contribution in [0.5, 0.6) is 0 Å². The van der Waals surface area contributed by atoms with Gasteiger partial charge in [-0.2, -0.15) is 0 Å². The molecule has 0 bridgehead atoms. The number of nitrogens with zero attached hydrogens (tertiary/aromatic N) is 2. The Hall–Kier alpha value is -3.57. The van der Waals surface area contributed by atoms with E-state index in [2.05, 4.69) is 4.57 Å². The van der Waals surface area contributed by atoms with Crippen LogP contribution in [0.1, 0.15) is 35.0 Å². The molecular weight excluding hydrogens is 448 g/mol. The number of ether oxygens (including phenoxy) is 1. The Morgan fingerprint density at radius 3 is 2.18 bits per heavy atom. The minimum atomic E-state index is -0.633. The van der Waals surface area contributed by atoms with Crippen molar-refractivity contribution in [1.29, 1.82) is 0 Å². The summed E-state index contributed by atoms with van der Waals surface area (Å²) in [5, 5.41) is 0.672. The summed E-state index contributed by atoms with van der Waals surface area (Å²) >= 11 is 6.07. The smallest absolute Gasteiger partial charge is 0.343 e. The highest BCUT2D eigenvalue weighted by atomic mass is 35.5. The van der Waals surface area contributed by atoms with Gasteiger partial charge >= 0.3 is 5.97 Å². The zero-order chi connectivity index (χ0) is 24.7. The van der Waals surface area contributed by atoms with Crippen molar-refractivity contribution in [2.75, 3.05) is 12.0 Å². The van der Waals surface area contributed by atoms with E-state index < -0.39 is 5.97 Å². The van der Waals surface area contributed by atoms with E-state index in [-0.39, 0.29) is 11.4 Å². The maximum absolute atomic E-state index is 13.5. The molecule has 0 N–H and O–H groups in total. The lowest BCUT2D eigenvalue weighted by molar-refractivity contribution is -0.137. The van der Waals surface area contributed by atoms with Gasteiger partial charge in [0.1, 0.15) is 5.57 Å². The molecule has 0 amide bonds. The molecule has 0 saturated heterocycles. The summed E-state index contributed by atoms with van der Waals surface area (Å²) in [5.41, 5.74) is 7.98. The molecule has 6 heteroatoms. The first-order valence-electron chi connectivity index (χ1n) is 11.0. The lowest BCUT2D eigenvalue weighted by atomic mass is 10.1. The number of esters is 1. The third-order valence-corrected chi connectivity index (χ3v) is 6.64. The molecule has 0 radical (unpaired) electrons. The predicted molar refractivity (Wildman–Crippen MR) is 136 cm³/mol. The first-order chi connectivity index (χ1) is 16.1. The minimum Gasteiger partial charge on any atom is -0.465 e. The normalized spacial score (nSPS) is 15.0. The van der Waals surface area contributed by atoms with Gasteiger partial charge < -0.3 is 14.2 Å². The molecule has 174 valence electrons. The van der Waals surface area contributed by atoms with Crippen molar-refractivity contribution in [2.45, 2.75) is 34.6 Å². The van der Waals surface area contributed by atoms with Crippen molar-refractivity contribution in [3.8, 4) is 5.69 Å². The van der Waals surface area contributed by atoms with E-state index in [4.69, 9.17) is 16.3 Å². The molecule has 2 heterocycles. The number of halogens is 1. The average Bonchev–Trinajstić information content (AvgIpc) is 3.22. The summed E-state index contributed by atoms with van der Waals surface area (Å²) in [5.74, 6) is -0.981. The molecule has 3 aromatic rings. The third kappa shape index (κ3) is 3.97. The number of aryl methyl sites for hydroxylation is 3. The van der Waals surface area contributed by atoms with Crippen LogP contribution in [0.2, 0.25) is 5.02 Å². The number of aromatic nitrogens is 1. The summed E-state index contributed by atoms with van der Waals surface area (Å²) in [6, 6.07) is 15.7. The van der Waals surface area contributed by atoms with Crippen LogP contribution >= 0.6 is 11.6 Å². The molecule has 0 atom stereocenters. The van der Waals surface area contributed by atoms with Crippen molar-refractivity contribution >= 4 is 35.1 Å². The van der Waals surface area contributed by atoms with Crippen molar-refractivity contribution in [3.05, 3.63) is 98.6 Å². The molecule has 0 aliphatic carbocycles. The fourth-order valence-electron chi connectivity index (χ4n) is 4.42. The number of benzene rings is 2. The van der Waals surface area contributed by atoms with E-state index in [1.165, 1.54) is 7.11 Å². The van der Waals surface area contributed by atoms with Crippen LogP contribution in [0.4, 0.5) is 5.69 Å². The Morgan fingerprint density at radius 1 is 0.912 bits per heavy atom. The van der Waals surface area contributed by atoms with Crippen molar-refractivity contribution in [2.24, 2.45) is 0 Å². The van der Waals surface area contributed by atoms with Gasteiger partial charge in [0, 0.05) is 33.5 Å². The molecule has 0 fully saturated rings. The Balaban J connectivity index is 1.88. The highest BCUT2D eigenvalue weighted by molar-refractivity contribution is 6.31. The zero-order valence-corrected chi connectivity index (χ0v) is 20.9. The third-order valence-electron chi connectivity index (χ3n) is 6.38. The standard InChI is InChI=1S/C28H27ClN2O3/c1-16-7-10-24(13-17(16)2)31-20(5)26(28(33)34-6)27(32)25(31)15-21-14-18(3)30(19(21)4)23-11-8-22(29)9-12-23/h7-15H,1-6H3/b25-15+. The molecule has 1 aliphatic heterocycles. The van der Waals surface area contributed by atoms with Crippen LogP contribution in [0.15, 0.2) is 65.5 Å². The van der Waals surface area contributed by atoms with E-state index in [0.29, 0.717) is 16.4 Å². The van der Waals surface area contributed by atoms with Gasteiger partial charge in [-0.25, -0.2) is 4.79 Å². The number of methoxy groups -OCH3 is 1. The fourth-order valence-corrected chi connectivity index (χ4v) is 4.55. The van der Waals surface area contributed by atoms with Gasteiger partial charge in [0.15, 0.2) is 0 Å². The van der Waals surface area contributed by atoms with Crippen molar-refractivity contribution in [3.63, 3.8) is 0 Å². The Morgan fingerprint density at radius 2 is 1.56 bits per heavy atom. The largest absolute Gasteiger partial charge is 0.465 e. The Bertz CT molecular complexity index is 1380. The second-order valence-electron chi connectivity index (χ2n) is 8.55. The average molecular weight is 475 g/mol. The highest BCUT2D eigenvalue weighted by Gasteiger charge is 2.38. The topological polar surface area (TPSA) is 51.5 Å². The lowest BCUT2D eigenvalue weighted by Gasteiger charge is -2.22. The van der Waals surface area contributed by atoms with Gasteiger partial charge in [0.2, 0.25) is 5.78 Å². The Labute approximate surface area is 204 Å². The maximum atomic E-state index is 13.5. The minimum absolute atomic E-state index is 0.0542. The van der Waals surface area contributed by atoms with Crippen LogP contribution in [0.3, 0.4) is 0 Å². The second-order valence-corrected chi connectivity index (χ2v) is 8.99. The zero-order valence-electron chi connectivity index (χ0n) is 20.2. The number of Topliss-reactive ketones (excluding diaryl/α,β-unsaturated/α-hetero) is 1. The number of hydrogen-bond acceptors (Lipinski definition) is 4. The van der Waals surface area contributed by atoms with Gasteiger partial charge in [-0.15, -0.1) is 0 Å². The van der Waals surface area contributed by atoms with Crippen LogP contribution in [-0.4, -0.2) is 23.4 Å². The first-order valence-corrected chi connectivity index (χ1v) is 11.4. The van der Waals surface area contributed by atoms with Gasteiger partial charge in [0.05, 0.1) is 12.8 Å². The number of anilines is 1. The van der Waals surface area contributed by atoms with Crippen molar-refractivity contribution < 1.29 is 14.3 Å².